The number of aromatic nitrogens is 1. The van der Waals surface area contributed by atoms with Crippen molar-refractivity contribution in [3.8, 4) is 0 Å². The van der Waals surface area contributed by atoms with E-state index < -0.39 is 9.84 Å². The molecule has 1 saturated heterocycles. The number of hydrogen-bond acceptors (Lipinski definition) is 5. The van der Waals surface area contributed by atoms with Crippen molar-refractivity contribution in [2.24, 2.45) is 0 Å². The first-order chi connectivity index (χ1) is 10.8. The second-order valence-corrected chi connectivity index (χ2v) is 7.99. The number of carbonyl (C=O) groups excluding carboxylic acids is 2. The van der Waals surface area contributed by atoms with Gasteiger partial charge in [-0.2, -0.15) is 0 Å². The minimum Gasteiger partial charge on any atom is -0.340 e. The first-order valence-electron chi connectivity index (χ1n) is 7.40. The largest absolute Gasteiger partial charge is 0.340 e. The number of likely N-dealkylation sites (N-methyl/N-ethyl adjacent to an activating group) is 1. The second-order valence-electron chi connectivity index (χ2n) is 5.76. The molecular formula is C15H21N3O4S. The summed E-state index contributed by atoms with van der Waals surface area (Å²) in [6.07, 6.45) is 2.08. The van der Waals surface area contributed by atoms with Crippen LogP contribution in [-0.4, -0.2) is 66.2 Å². The van der Waals surface area contributed by atoms with Crippen LogP contribution >= 0.6 is 0 Å². The van der Waals surface area contributed by atoms with Crippen LogP contribution in [0.3, 0.4) is 0 Å². The molecule has 23 heavy (non-hydrogen) atoms. The van der Waals surface area contributed by atoms with Crippen LogP contribution in [0.4, 0.5) is 0 Å². The quantitative estimate of drug-likeness (QED) is 0.758. The zero-order valence-corrected chi connectivity index (χ0v) is 14.1. The highest BCUT2D eigenvalue weighted by molar-refractivity contribution is 7.91. The highest BCUT2D eigenvalue weighted by Crippen LogP contribution is 2.17. The van der Waals surface area contributed by atoms with E-state index in [1.807, 2.05) is 6.07 Å². The Hall–Kier alpha value is -1.96. The highest BCUT2D eigenvalue weighted by atomic mass is 32.2. The topological polar surface area (TPSA) is 87.7 Å². The number of rotatable bonds is 5. The Balaban J connectivity index is 1.99. The van der Waals surface area contributed by atoms with E-state index >= 15 is 0 Å². The van der Waals surface area contributed by atoms with Gasteiger partial charge in [-0.15, -0.1) is 0 Å². The summed E-state index contributed by atoms with van der Waals surface area (Å²) in [5, 5.41) is 0. The van der Waals surface area contributed by atoms with Crippen LogP contribution in [0.5, 0.6) is 0 Å². The van der Waals surface area contributed by atoms with Gasteiger partial charge in [0.05, 0.1) is 23.7 Å². The smallest absolute Gasteiger partial charge is 0.242 e. The van der Waals surface area contributed by atoms with Gasteiger partial charge in [0.2, 0.25) is 11.8 Å². The van der Waals surface area contributed by atoms with Crippen molar-refractivity contribution in [1.29, 1.82) is 0 Å². The van der Waals surface area contributed by atoms with E-state index in [0.717, 1.165) is 0 Å². The second kappa shape index (κ2) is 7.08. The van der Waals surface area contributed by atoms with Crippen LogP contribution in [0, 0.1) is 0 Å². The molecule has 7 nitrogen and oxygen atoms in total. The lowest BCUT2D eigenvalue weighted by Crippen LogP contribution is -2.45. The molecule has 126 valence electrons. The molecule has 0 bridgehead atoms. The molecule has 1 aromatic rings. The summed E-state index contributed by atoms with van der Waals surface area (Å²) in [6.45, 7) is 1.56. The van der Waals surface area contributed by atoms with Crippen LogP contribution in [-0.2, 0) is 26.0 Å². The third-order valence-electron chi connectivity index (χ3n) is 4.00. The van der Waals surface area contributed by atoms with Gasteiger partial charge in [-0.3, -0.25) is 14.6 Å². The Bertz CT molecular complexity index is 675. The molecule has 1 atom stereocenters. The molecule has 1 aliphatic heterocycles. The van der Waals surface area contributed by atoms with Gasteiger partial charge in [0.15, 0.2) is 9.84 Å². The molecule has 2 heterocycles. The van der Waals surface area contributed by atoms with Gasteiger partial charge in [-0.25, -0.2) is 8.42 Å². The number of amides is 2. The Morgan fingerprint density at radius 2 is 2.09 bits per heavy atom. The molecule has 0 aromatic carbocycles. The molecule has 2 rings (SSSR count). The number of pyridine rings is 1. The predicted molar refractivity (Wildman–Crippen MR) is 85.2 cm³/mol. The standard InChI is InChI=1S/C15H21N3O4S/c1-12(19)18(9-13-5-3-4-7-16-13)10-15(20)17(2)14-6-8-23(21,22)11-14/h3-5,7,14H,6,8-11H2,1-2H3. The highest BCUT2D eigenvalue weighted by Gasteiger charge is 2.33. The third-order valence-corrected chi connectivity index (χ3v) is 5.75. The number of sulfone groups is 1. The maximum Gasteiger partial charge on any atom is 0.242 e. The van der Waals surface area contributed by atoms with Gasteiger partial charge < -0.3 is 9.80 Å². The fourth-order valence-electron chi connectivity index (χ4n) is 2.53. The van der Waals surface area contributed by atoms with Crippen molar-refractivity contribution in [3.63, 3.8) is 0 Å². The molecule has 1 aromatic heterocycles. The zero-order valence-electron chi connectivity index (χ0n) is 13.3. The Morgan fingerprint density at radius 3 is 2.61 bits per heavy atom. The Morgan fingerprint density at radius 1 is 1.35 bits per heavy atom. The van der Waals surface area contributed by atoms with Crippen LogP contribution in [0.1, 0.15) is 19.0 Å². The van der Waals surface area contributed by atoms with E-state index in [0.29, 0.717) is 12.1 Å². The molecule has 1 unspecified atom stereocenters. The molecule has 2 amide bonds. The van der Waals surface area contributed by atoms with Crippen molar-refractivity contribution in [2.45, 2.75) is 25.9 Å². The zero-order chi connectivity index (χ0) is 17.0. The Labute approximate surface area is 136 Å². The average molecular weight is 339 g/mol. The first-order valence-corrected chi connectivity index (χ1v) is 9.22. The van der Waals surface area contributed by atoms with Gasteiger partial charge in [0.1, 0.15) is 6.54 Å². The molecular weight excluding hydrogens is 318 g/mol. The van der Waals surface area contributed by atoms with E-state index in [9.17, 15) is 18.0 Å². The van der Waals surface area contributed by atoms with Crippen molar-refractivity contribution < 1.29 is 18.0 Å². The fraction of sp³-hybridized carbons (Fsp3) is 0.533. The molecule has 1 fully saturated rings. The summed E-state index contributed by atoms with van der Waals surface area (Å²) in [4.78, 5) is 31.1. The van der Waals surface area contributed by atoms with Gasteiger partial charge in [-0.05, 0) is 18.6 Å². The molecule has 1 aliphatic rings. The lowest BCUT2D eigenvalue weighted by Gasteiger charge is -2.27. The lowest BCUT2D eigenvalue weighted by molar-refractivity contribution is -0.140. The minimum absolute atomic E-state index is 0.00441. The van der Waals surface area contributed by atoms with Crippen LogP contribution < -0.4 is 0 Å². The van der Waals surface area contributed by atoms with E-state index in [1.165, 1.54) is 16.7 Å². The summed E-state index contributed by atoms with van der Waals surface area (Å²) in [5.74, 6) is -0.385. The number of hydrogen-bond donors (Lipinski definition) is 0. The van der Waals surface area contributed by atoms with Crippen LogP contribution in [0.25, 0.3) is 0 Å². The monoisotopic (exact) mass is 339 g/mol. The summed E-state index contributed by atoms with van der Waals surface area (Å²) < 4.78 is 23.1. The van der Waals surface area contributed by atoms with E-state index in [-0.39, 0.29) is 42.5 Å². The first kappa shape index (κ1) is 17.4. The predicted octanol–water partition coefficient (Wildman–Crippen LogP) is 0.0756. The lowest BCUT2D eigenvalue weighted by atomic mass is 10.2. The molecule has 0 N–H and O–H groups in total. The van der Waals surface area contributed by atoms with Crippen molar-refractivity contribution >= 4 is 21.7 Å². The van der Waals surface area contributed by atoms with Crippen LogP contribution in [0.15, 0.2) is 24.4 Å². The van der Waals surface area contributed by atoms with Gasteiger partial charge in [0.25, 0.3) is 0 Å². The van der Waals surface area contributed by atoms with E-state index in [1.54, 1.807) is 25.4 Å². The molecule has 8 heteroatoms. The number of nitrogens with zero attached hydrogens (tertiary/aromatic N) is 3. The molecule has 0 aliphatic carbocycles. The fourth-order valence-corrected chi connectivity index (χ4v) is 4.30. The summed E-state index contributed by atoms with van der Waals surface area (Å²) in [6, 6.07) is 5.07. The maximum absolute atomic E-state index is 12.4. The van der Waals surface area contributed by atoms with E-state index in [2.05, 4.69) is 4.98 Å². The maximum atomic E-state index is 12.4. The van der Waals surface area contributed by atoms with Gasteiger partial charge in [-0.1, -0.05) is 6.07 Å². The summed E-state index contributed by atoms with van der Waals surface area (Å²) >= 11 is 0. The van der Waals surface area contributed by atoms with Gasteiger partial charge >= 0.3 is 0 Å². The summed E-state index contributed by atoms with van der Waals surface area (Å²) in [5.41, 5.74) is 0.696. The minimum atomic E-state index is -3.05. The van der Waals surface area contributed by atoms with Crippen LogP contribution in [0.2, 0.25) is 0 Å². The van der Waals surface area contributed by atoms with Crippen molar-refractivity contribution in [3.05, 3.63) is 30.1 Å². The SMILES string of the molecule is CC(=O)N(CC(=O)N(C)C1CCS(=O)(=O)C1)Cc1ccccn1. The van der Waals surface area contributed by atoms with Crippen molar-refractivity contribution in [2.75, 3.05) is 25.1 Å². The average Bonchev–Trinajstić information content (AvgIpc) is 2.86. The molecule has 0 radical (unpaired) electrons. The molecule has 0 spiro atoms. The summed E-state index contributed by atoms with van der Waals surface area (Å²) in [7, 11) is -1.46. The molecule has 0 saturated carbocycles. The number of carbonyl (C=O) groups is 2. The van der Waals surface area contributed by atoms with E-state index in [4.69, 9.17) is 0 Å². The van der Waals surface area contributed by atoms with Crippen molar-refractivity contribution in [1.82, 2.24) is 14.8 Å². The normalized spacial score (nSPS) is 19.3. The van der Waals surface area contributed by atoms with Gasteiger partial charge in [0, 0.05) is 26.2 Å². The Kier molecular flexibility index (Phi) is 5.35. The third kappa shape index (κ3) is 4.75.